The van der Waals surface area contributed by atoms with E-state index in [1.165, 1.54) is 13.0 Å². The summed E-state index contributed by atoms with van der Waals surface area (Å²) in [6.45, 7) is 1.30. The molecule has 158 valence electrons. The van der Waals surface area contributed by atoms with Gasteiger partial charge in [0, 0.05) is 29.4 Å². The molecule has 4 rings (SSSR count). The molecule has 6 nitrogen and oxygen atoms in total. The highest BCUT2D eigenvalue weighted by atomic mass is 16.5. The topological polar surface area (TPSA) is 84.5 Å². The van der Waals surface area contributed by atoms with Crippen LogP contribution in [-0.2, 0) is 4.79 Å². The average molecular weight is 424 g/mol. The molecule has 32 heavy (non-hydrogen) atoms. The molecule has 0 heterocycles. The van der Waals surface area contributed by atoms with Crippen molar-refractivity contribution in [3.8, 4) is 5.75 Å². The van der Waals surface area contributed by atoms with Crippen LogP contribution in [0.15, 0.2) is 91.0 Å². The van der Waals surface area contributed by atoms with Gasteiger partial charge in [-0.3, -0.25) is 14.4 Å². The van der Waals surface area contributed by atoms with E-state index in [1.54, 1.807) is 48.5 Å². The van der Waals surface area contributed by atoms with Crippen LogP contribution in [0, 0.1) is 0 Å². The molecular formula is C26H20N2O4. The molecule has 0 radical (unpaired) electrons. The van der Waals surface area contributed by atoms with E-state index in [9.17, 15) is 14.4 Å². The maximum atomic E-state index is 12.8. The fraction of sp³-hybridized carbons (Fsp3) is 0.0385. The number of amides is 2. The summed E-state index contributed by atoms with van der Waals surface area (Å²) in [6, 6.07) is 26.5. The molecule has 0 aliphatic carbocycles. The van der Waals surface area contributed by atoms with Crippen LogP contribution in [0.5, 0.6) is 5.75 Å². The molecule has 0 aliphatic heterocycles. The first-order chi connectivity index (χ1) is 15.5. The second-order valence-electron chi connectivity index (χ2n) is 7.13. The minimum atomic E-state index is -0.455. The Hall–Kier alpha value is -4.45. The number of benzene rings is 4. The van der Waals surface area contributed by atoms with Crippen LogP contribution in [-0.4, -0.2) is 17.8 Å². The fourth-order valence-electron chi connectivity index (χ4n) is 3.33. The van der Waals surface area contributed by atoms with Gasteiger partial charge in [-0.2, -0.15) is 0 Å². The highest BCUT2D eigenvalue weighted by Gasteiger charge is 2.11. The zero-order chi connectivity index (χ0) is 22.5. The Balaban J connectivity index is 1.43. The summed E-state index contributed by atoms with van der Waals surface area (Å²) in [4.78, 5) is 36.4. The molecule has 2 N–H and O–H groups in total. The molecule has 0 spiro atoms. The van der Waals surface area contributed by atoms with Crippen LogP contribution in [0.3, 0.4) is 0 Å². The number of anilines is 2. The SMILES string of the molecule is CC(=O)Oc1cccc(C(=O)Nc2ccc(NC(=O)c3cccc4ccccc34)cc2)c1. The maximum Gasteiger partial charge on any atom is 0.308 e. The van der Waals surface area contributed by atoms with Crippen LogP contribution in [0.1, 0.15) is 27.6 Å². The van der Waals surface area contributed by atoms with Crippen LogP contribution < -0.4 is 15.4 Å². The van der Waals surface area contributed by atoms with Crippen molar-refractivity contribution in [3.63, 3.8) is 0 Å². The molecular weight excluding hydrogens is 404 g/mol. The zero-order valence-corrected chi connectivity index (χ0v) is 17.3. The first kappa shape index (κ1) is 20.8. The van der Waals surface area contributed by atoms with Gasteiger partial charge in [-0.05, 0) is 59.3 Å². The van der Waals surface area contributed by atoms with Gasteiger partial charge in [-0.1, -0.05) is 42.5 Å². The Morgan fingerprint density at radius 2 is 1.31 bits per heavy atom. The number of hydrogen-bond acceptors (Lipinski definition) is 4. The van der Waals surface area contributed by atoms with E-state index < -0.39 is 5.97 Å². The Labute approximate surface area is 184 Å². The number of fused-ring (bicyclic) bond motifs is 1. The average Bonchev–Trinajstić information content (AvgIpc) is 2.79. The number of nitrogens with one attached hydrogen (secondary N) is 2. The predicted molar refractivity (Wildman–Crippen MR) is 124 cm³/mol. The first-order valence-corrected chi connectivity index (χ1v) is 9.98. The number of carbonyl (C=O) groups excluding carboxylic acids is 3. The van der Waals surface area contributed by atoms with E-state index in [4.69, 9.17) is 4.74 Å². The lowest BCUT2D eigenvalue weighted by Crippen LogP contribution is -2.13. The summed E-state index contributed by atoms with van der Waals surface area (Å²) >= 11 is 0. The van der Waals surface area contributed by atoms with Crippen molar-refractivity contribution in [1.29, 1.82) is 0 Å². The molecule has 4 aromatic carbocycles. The van der Waals surface area contributed by atoms with Crippen LogP contribution in [0.2, 0.25) is 0 Å². The van der Waals surface area contributed by atoms with E-state index in [0.717, 1.165) is 10.8 Å². The van der Waals surface area contributed by atoms with Gasteiger partial charge in [0.2, 0.25) is 0 Å². The predicted octanol–water partition coefficient (Wildman–Crippen LogP) is 5.27. The summed E-state index contributed by atoms with van der Waals surface area (Å²) in [5.41, 5.74) is 2.12. The summed E-state index contributed by atoms with van der Waals surface area (Å²) in [6.07, 6.45) is 0. The van der Waals surface area contributed by atoms with Gasteiger partial charge in [0.05, 0.1) is 0 Å². The number of esters is 1. The smallest absolute Gasteiger partial charge is 0.308 e. The van der Waals surface area contributed by atoms with Crippen molar-refractivity contribution in [3.05, 3.63) is 102 Å². The summed E-state index contributed by atoms with van der Waals surface area (Å²) < 4.78 is 5.01. The van der Waals surface area contributed by atoms with Crippen molar-refractivity contribution < 1.29 is 19.1 Å². The quantitative estimate of drug-likeness (QED) is 0.338. The van der Waals surface area contributed by atoms with Crippen molar-refractivity contribution in [2.75, 3.05) is 10.6 Å². The molecule has 4 aromatic rings. The number of carbonyl (C=O) groups is 3. The van der Waals surface area contributed by atoms with Crippen molar-refractivity contribution >= 4 is 39.9 Å². The minimum absolute atomic E-state index is 0.208. The van der Waals surface area contributed by atoms with Crippen LogP contribution in [0.25, 0.3) is 10.8 Å². The van der Waals surface area contributed by atoms with Gasteiger partial charge < -0.3 is 15.4 Å². The lowest BCUT2D eigenvalue weighted by atomic mass is 10.0. The Bertz CT molecular complexity index is 1310. The number of hydrogen-bond donors (Lipinski definition) is 2. The Kier molecular flexibility index (Phi) is 5.94. The van der Waals surface area contributed by atoms with Gasteiger partial charge in [0.25, 0.3) is 11.8 Å². The van der Waals surface area contributed by atoms with E-state index in [1.807, 2.05) is 36.4 Å². The number of rotatable bonds is 5. The highest BCUT2D eigenvalue weighted by molar-refractivity contribution is 6.13. The van der Waals surface area contributed by atoms with E-state index >= 15 is 0 Å². The van der Waals surface area contributed by atoms with Crippen LogP contribution in [0.4, 0.5) is 11.4 Å². The largest absolute Gasteiger partial charge is 0.427 e. The lowest BCUT2D eigenvalue weighted by Gasteiger charge is -2.10. The van der Waals surface area contributed by atoms with E-state index in [0.29, 0.717) is 28.3 Å². The summed E-state index contributed by atoms with van der Waals surface area (Å²) in [5, 5.41) is 7.55. The van der Waals surface area contributed by atoms with Crippen molar-refractivity contribution in [2.45, 2.75) is 6.92 Å². The molecule has 6 heteroatoms. The third-order valence-electron chi connectivity index (χ3n) is 4.79. The summed E-state index contributed by atoms with van der Waals surface area (Å²) in [5.74, 6) is -0.701. The van der Waals surface area contributed by atoms with E-state index in [2.05, 4.69) is 10.6 Å². The normalized spacial score (nSPS) is 10.4. The lowest BCUT2D eigenvalue weighted by molar-refractivity contribution is -0.131. The summed E-state index contributed by atoms with van der Waals surface area (Å²) in [7, 11) is 0. The Morgan fingerprint density at radius 3 is 2.03 bits per heavy atom. The van der Waals surface area contributed by atoms with Gasteiger partial charge in [-0.25, -0.2) is 0 Å². The third-order valence-corrected chi connectivity index (χ3v) is 4.79. The first-order valence-electron chi connectivity index (χ1n) is 9.98. The van der Waals surface area contributed by atoms with Gasteiger partial charge in [0.1, 0.15) is 5.75 Å². The Morgan fingerprint density at radius 1 is 0.688 bits per heavy atom. The molecule has 2 amide bonds. The molecule has 0 aliphatic rings. The molecule has 0 saturated carbocycles. The van der Waals surface area contributed by atoms with Crippen molar-refractivity contribution in [1.82, 2.24) is 0 Å². The second kappa shape index (κ2) is 9.14. The standard InChI is InChI=1S/C26H20N2O4/c1-17(29)32-22-9-4-8-19(16-22)25(30)27-20-12-14-21(15-13-20)28-26(31)24-11-5-7-18-6-2-3-10-23(18)24/h2-16H,1H3,(H,27,30)(H,28,31). The van der Waals surface area contributed by atoms with E-state index in [-0.39, 0.29) is 11.8 Å². The zero-order valence-electron chi connectivity index (χ0n) is 17.3. The molecule has 0 saturated heterocycles. The minimum Gasteiger partial charge on any atom is -0.427 e. The molecule has 0 unspecified atom stereocenters. The maximum absolute atomic E-state index is 12.8. The van der Waals surface area contributed by atoms with Gasteiger partial charge >= 0.3 is 5.97 Å². The van der Waals surface area contributed by atoms with Crippen molar-refractivity contribution in [2.24, 2.45) is 0 Å². The monoisotopic (exact) mass is 424 g/mol. The van der Waals surface area contributed by atoms with Crippen LogP contribution >= 0.6 is 0 Å². The molecule has 0 bridgehead atoms. The fourth-order valence-corrected chi connectivity index (χ4v) is 3.33. The molecule has 0 fully saturated rings. The second-order valence-corrected chi connectivity index (χ2v) is 7.13. The number of ether oxygens (including phenoxy) is 1. The highest BCUT2D eigenvalue weighted by Crippen LogP contribution is 2.21. The third kappa shape index (κ3) is 4.82. The van der Waals surface area contributed by atoms with Gasteiger partial charge in [-0.15, -0.1) is 0 Å². The molecule has 0 atom stereocenters. The van der Waals surface area contributed by atoms with Gasteiger partial charge in [0.15, 0.2) is 0 Å². The molecule has 0 aromatic heterocycles.